The van der Waals surface area contributed by atoms with E-state index in [0.717, 1.165) is 29.8 Å². The quantitative estimate of drug-likeness (QED) is 0.802. The van der Waals surface area contributed by atoms with Gasteiger partial charge in [0.2, 0.25) is 11.8 Å². The molecule has 2 aromatic rings. The second-order valence-electron chi connectivity index (χ2n) is 6.61. The lowest BCUT2D eigenvalue weighted by molar-refractivity contribution is -0.129. The van der Waals surface area contributed by atoms with Gasteiger partial charge in [-0.1, -0.05) is 24.3 Å². The Hall–Kier alpha value is -2.27. The highest BCUT2D eigenvalue weighted by Crippen LogP contribution is 2.34. The summed E-state index contributed by atoms with van der Waals surface area (Å²) in [5.41, 5.74) is 3.42. The first kappa shape index (κ1) is 18.5. The van der Waals surface area contributed by atoms with Crippen LogP contribution in [-0.2, 0) is 16.0 Å². The molecule has 1 atom stereocenters. The smallest absolute Gasteiger partial charge is 0.233 e. The molecule has 5 heteroatoms. The van der Waals surface area contributed by atoms with Gasteiger partial charge in [0.25, 0.3) is 0 Å². The molecule has 1 aliphatic rings. The van der Waals surface area contributed by atoms with Crippen LogP contribution in [0.25, 0.3) is 0 Å². The van der Waals surface area contributed by atoms with Crippen molar-refractivity contribution in [2.75, 3.05) is 18.1 Å². The van der Waals surface area contributed by atoms with Gasteiger partial charge in [0.15, 0.2) is 0 Å². The van der Waals surface area contributed by atoms with E-state index in [1.165, 1.54) is 29.8 Å². The molecule has 4 nitrogen and oxygen atoms in total. The van der Waals surface area contributed by atoms with Crippen molar-refractivity contribution in [2.45, 2.75) is 37.1 Å². The molecule has 0 saturated heterocycles. The molecule has 136 valence electrons. The first-order valence-electron chi connectivity index (χ1n) is 8.88. The zero-order valence-corrected chi connectivity index (χ0v) is 16.0. The van der Waals surface area contributed by atoms with E-state index in [4.69, 9.17) is 0 Å². The third kappa shape index (κ3) is 4.47. The molecule has 2 aromatic carbocycles. The second-order valence-corrected chi connectivity index (χ2v) is 7.65. The Bertz CT molecular complexity index is 789. The molecular formula is C21H24N2O2S. The summed E-state index contributed by atoms with van der Waals surface area (Å²) in [7, 11) is 1.91. The minimum Gasteiger partial charge on any atom is -0.338 e. The molecule has 0 fully saturated rings. The van der Waals surface area contributed by atoms with E-state index in [2.05, 4.69) is 29.6 Å². The molecule has 0 spiro atoms. The molecule has 1 aliphatic carbocycles. The van der Waals surface area contributed by atoms with Crippen LogP contribution in [0.2, 0.25) is 0 Å². The standard InChI is InChI=1S/C21H24N2O2S/c1-15(24)22-17-10-12-18(13-11-17)26-14-21(25)23(2)20-9-5-7-16-6-3-4-8-19(16)20/h3-4,6,8,10-13,20H,5,7,9,14H2,1-2H3,(H,22,24)/t20-/m0/s1. The zero-order valence-electron chi connectivity index (χ0n) is 15.2. The van der Waals surface area contributed by atoms with Crippen LogP contribution < -0.4 is 5.32 Å². The zero-order chi connectivity index (χ0) is 18.5. The van der Waals surface area contributed by atoms with E-state index < -0.39 is 0 Å². The molecule has 0 aliphatic heterocycles. The lowest BCUT2D eigenvalue weighted by Gasteiger charge is -2.33. The molecule has 0 saturated carbocycles. The molecule has 2 amide bonds. The highest BCUT2D eigenvalue weighted by molar-refractivity contribution is 8.00. The third-order valence-corrected chi connectivity index (χ3v) is 5.73. The number of rotatable bonds is 5. The van der Waals surface area contributed by atoms with Crippen molar-refractivity contribution in [3.05, 3.63) is 59.7 Å². The van der Waals surface area contributed by atoms with Crippen LogP contribution in [0.3, 0.4) is 0 Å². The van der Waals surface area contributed by atoms with Crippen LogP contribution in [0.5, 0.6) is 0 Å². The summed E-state index contributed by atoms with van der Waals surface area (Å²) in [5.74, 6) is 0.465. The maximum atomic E-state index is 12.7. The largest absolute Gasteiger partial charge is 0.338 e. The molecule has 0 unspecified atom stereocenters. The Balaban J connectivity index is 1.59. The van der Waals surface area contributed by atoms with Crippen LogP contribution in [-0.4, -0.2) is 29.5 Å². The molecule has 3 rings (SSSR count). The van der Waals surface area contributed by atoms with Crippen molar-refractivity contribution in [1.82, 2.24) is 4.90 Å². The van der Waals surface area contributed by atoms with Crippen LogP contribution >= 0.6 is 11.8 Å². The average Bonchev–Trinajstić information content (AvgIpc) is 2.65. The van der Waals surface area contributed by atoms with E-state index in [9.17, 15) is 9.59 Å². The minimum absolute atomic E-state index is 0.0880. The van der Waals surface area contributed by atoms with Crippen molar-refractivity contribution < 1.29 is 9.59 Å². The molecule has 0 bridgehead atoms. The molecule has 1 N–H and O–H groups in total. The van der Waals surface area contributed by atoms with Crippen LogP contribution in [0.4, 0.5) is 5.69 Å². The predicted molar refractivity (Wildman–Crippen MR) is 106 cm³/mol. The lowest BCUT2D eigenvalue weighted by Crippen LogP contribution is -2.34. The number of carbonyl (C=O) groups is 2. The van der Waals surface area contributed by atoms with Gasteiger partial charge in [-0.25, -0.2) is 0 Å². The molecule has 0 aromatic heterocycles. The number of thioether (sulfide) groups is 1. The first-order valence-corrected chi connectivity index (χ1v) is 9.87. The summed E-state index contributed by atoms with van der Waals surface area (Å²) in [4.78, 5) is 26.7. The van der Waals surface area contributed by atoms with Gasteiger partial charge < -0.3 is 10.2 Å². The highest BCUT2D eigenvalue weighted by atomic mass is 32.2. The van der Waals surface area contributed by atoms with E-state index in [1.807, 2.05) is 36.2 Å². The van der Waals surface area contributed by atoms with Crippen LogP contribution in [0, 0.1) is 0 Å². The van der Waals surface area contributed by atoms with Crippen LogP contribution in [0.15, 0.2) is 53.4 Å². The summed E-state index contributed by atoms with van der Waals surface area (Å²) < 4.78 is 0. The number of hydrogen-bond acceptors (Lipinski definition) is 3. The van der Waals surface area contributed by atoms with Crippen molar-refractivity contribution in [3.63, 3.8) is 0 Å². The number of nitrogens with one attached hydrogen (secondary N) is 1. The van der Waals surface area contributed by atoms with Gasteiger partial charge >= 0.3 is 0 Å². The Morgan fingerprint density at radius 2 is 1.88 bits per heavy atom. The monoisotopic (exact) mass is 368 g/mol. The van der Waals surface area contributed by atoms with Gasteiger partial charge in [0.05, 0.1) is 11.8 Å². The first-order chi connectivity index (χ1) is 12.5. The molecule has 0 heterocycles. The normalized spacial score (nSPS) is 15.8. The number of anilines is 1. The number of fused-ring (bicyclic) bond motifs is 1. The number of benzene rings is 2. The number of aryl methyl sites for hydroxylation is 1. The van der Waals surface area contributed by atoms with Gasteiger partial charge in [-0.15, -0.1) is 11.8 Å². The van der Waals surface area contributed by atoms with Gasteiger partial charge in [0, 0.05) is 24.6 Å². The molecule has 0 radical (unpaired) electrons. The van der Waals surface area contributed by atoms with Crippen molar-refractivity contribution >= 4 is 29.3 Å². The van der Waals surface area contributed by atoms with E-state index in [0.29, 0.717) is 5.75 Å². The number of carbonyl (C=O) groups excluding carboxylic acids is 2. The minimum atomic E-state index is -0.0880. The van der Waals surface area contributed by atoms with Gasteiger partial charge in [0.1, 0.15) is 0 Å². The second kappa shape index (κ2) is 8.41. The maximum absolute atomic E-state index is 12.7. The maximum Gasteiger partial charge on any atom is 0.233 e. The van der Waals surface area contributed by atoms with E-state index in [1.54, 1.807) is 0 Å². The summed E-state index contributed by atoms with van der Waals surface area (Å²) in [6.07, 6.45) is 3.25. The van der Waals surface area contributed by atoms with Crippen molar-refractivity contribution in [3.8, 4) is 0 Å². The Morgan fingerprint density at radius 1 is 1.15 bits per heavy atom. The fourth-order valence-electron chi connectivity index (χ4n) is 3.39. The third-order valence-electron chi connectivity index (χ3n) is 4.74. The molecular weight excluding hydrogens is 344 g/mol. The Kier molecular flexibility index (Phi) is 5.99. The van der Waals surface area contributed by atoms with Gasteiger partial charge in [-0.2, -0.15) is 0 Å². The summed E-state index contributed by atoms with van der Waals surface area (Å²) in [6.45, 7) is 1.49. The topological polar surface area (TPSA) is 49.4 Å². The Labute approximate surface area is 159 Å². The van der Waals surface area contributed by atoms with Crippen molar-refractivity contribution in [1.29, 1.82) is 0 Å². The van der Waals surface area contributed by atoms with E-state index in [-0.39, 0.29) is 17.9 Å². The Morgan fingerprint density at radius 3 is 2.62 bits per heavy atom. The summed E-state index contributed by atoms with van der Waals surface area (Å²) in [6, 6.07) is 16.2. The molecule has 26 heavy (non-hydrogen) atoms. The summed E-state index contributed by atoms with van der Waals surface area (Å²) in [5, 5.41) is 2.74. The summed E-state index contributed by atoms with van der Waals surface area (Å²) >= 11 is 1.53. The fourth-order valence-corrected chi connectivity index (χ4v) is 4.21. The fraction of sp³-hybridized carbons (Fsp3) is 0.333. The van der Waals surface area contributed by atoms with Crippen molar-refractivity contribution in [2.24, 2.45) is 0 Å². The number of amides is 2. The highest BCUT2D eigenvalue weighted by Gasteiger charge is 2.26. The SMILES string of the molecule is CC(=O)Nc1ccc(SCC(=O)N(C)[C@H]2CCCc3ccccc32)cc1. The number of nitrogens with zero attached hydrogens (tertiary/aromatic N) is 1. The van der Waals surface area contributed by atoms with Gasteiger partial charge in [-0.3, -0.25) is 9.59 Å². The average molecular weight is 369 g/mol. The number of hydrogen-bond donors (Lipinski definition) is 1. The predicted octanol–water partition coefficient (Wildman–Crippen LogP) is 4.27. The van der Waals surface area contributed by atoms with E-state index >= 15 is 0 Å². The lowest BCUT2D eigenvalue weighted by atomic mass is 9.87. The van der Waals surface area contributed by atoms with Crippen LogP contribution in [0.1, 0.15) is 36.9 Å². The van der Waals surface area contributed by atoms with Gasteiger partial charge in [-0.05, 0) is 54.7 Å².